The van der Waals surface area contributed by atoms with Gasteiger partial charge in [0.05, 0.1) is 6.54 Å². The van der Waals surface area contributed by atoms with E-state index in [4.69, 9.17) is 4.42 Å². The highest BCUT2D eigenvalue weighted by Crippen LogP contribution is 2.47. The molecule has 0 bridgehead atoms. The summed E-state index contributed by atoms with van der Waals surface area (Å²) in [4.78, 5) is 11.6. The van der Waals surface area contributed by atoms with E-state index in [0.29, 0.717) is 24.6 Å². The smallest absolute Gasteiger partial charge is 0.251 e. The fraction of sp³-hybridized carbons (Fsp3) is 0.389. The zero-order valence-corrected chi connectivity index (χ0v) is 13.1. The van der Waals surface area contributed by atoms with Crippen molar-refractivity contribution in [3.05, 3.63) is 59.0 Å². The number of nitrogens with one attached hydrogen (secondary N) is 2. The Morgan fingerprint density at radius 1 is 1.27 bits per heavy atom. The molecule has 0 radical (unpaired) electrons. The molecule has 116 valence electrons. The van der Waals surface area contributed by atoms with Crippen LogP contribution in [0.4, 0.5) is 0 Å². The summed E-state index contributed by atoms with van der Waals surface area (Å²) in [6.07, 6.45) is 1.24. The first kappa shape index (κ1) is 14.9. The number of furan rings is 1. The van der Waals surface area contributed by atoms with Gasteiger partial charge in [0.1, 0.15) is 11.5 Å². The maximum absolute atomic E-state index is 11.6. The van der Waals surface area contributed by atoms with Crippen LogP contribution in [0.2, 0.25) is 0 Å². The third-order valence-corrected chi connectivity index (χ3v) is 4.20. The molecule has 1 heterocycles. The minimum atomic E-state index is -0.0592. The molecule has 3 rings (SSSR count). The molecule has 1 aromatic heterocycles. The average Bonchev–Trinajstić information content (AvgIpc) is 3.08. The van der Waals surface area contributed by atoms with Gasteiger partial charge in [0.25, 0.3) is 5.91 Å². The number of amides is 1. The predicted octanol–water partition coefficient (Wildman–Crippen LogP) is 3.05. The van der Waals surface area contributed by atoms with Gasteiger partial charge in [0.2, 0.25) is 0 Å². The molecule has 1 saturated carbocycles. The Bertz CT molecular complexity index is 663. The van der Waals surface area contributed by atoms with E-state index in [1.165, 1.54) is 6.42 Å². The third kappa shape index (κ3) is 3.39. The Kier molecular flexibility index (Phi) is 4.29. The van der Waals surface area contributed by atoms with Crippen LogP contribution < -0.4 is 10.6 Å². The molecule has 1 aliphatic carbocycles. The molecule has 0 aliphatic heterocycles. The number of benzene rings is 1. The number of hydrogen-bond acceptors (Lipinski definition) is 3. The van der Waals surface area contributed by atoms with Gasteiger partial charge in [0.15, 0.2) is 0 Å². The first-order chi connectivity index (χ1) is 10.7. The Hall–Kier alpha value is -2.07. The van der Waals surface area contributed by atoms with E-state index >= 15 is 0 Å². The van der Waals surface area contributed by atoms with Crippen LogP contribution in [-0.2, 0) is 13.1 Å². The zero-order chi connectivity index (χ0) is 15.5. The minimum Gasteiger partial charge on any atom is -0.464 e. The summed E-state index contributed by atoms with van der Waals surface area (Å²) >= 11 is 0. The van der Waals surface area contributed by atoms with Crippen LogP contribution in [0.5, 0.6) is 0 Å². The molecule has 22 heavy (non-hydrogen) atoms. The second-order valence-corrected chi connectivity index (χ2v) is 6.01. The molecule has 1 amide bonds. The van der Waals surface area contributed by atoms with Crippen molar-refractivity contribution in [3.63, 3.8) is 0 Å². The number of hydrogen-bond donors (Lipinski definition) is 2. The number of carbonyl (C=O) groups is 1. The van der Waals surface area contributed by atoms with Crippen molar-refractivity contribution in [3.8, 4) is 0 Å². The second-order valence-electron chi connectivity index (χ2n) is 6.01. The summed E-state index contributed by atoms with van der Waals surface area (Å²) in [5.74, 6) is 3.41. The lowest BCUT2D eigenvalue weighted by Gasteiger charge is -2.05. The molecule has 2 N–H and O–H groups in total. The molecule has 2 atom stereocenters. The summed E-state index contributed by atoms with van der Waals surface area (Å²) in [6, 6.07) is 11.8. The van der Waals surface area contributed by atoms with Gasteiger partial charge < -0.3 is 15.1 Å². The fourth-order valence-electron chi connectivity index (χ4n) is 2.70. The van der Waals surface area contributed by atoms with E-state index in [9.17, 15) is 4.79 Å². The normalized spacial score (nSPS) is 19.9. The molecular weight excluding hydrogens is 276 g/mol. The highest BCUT2D eigenvalue weighted by molar-refractivity contribution is 5.94. The van der Waals surface area contributed by atoms with Crippen LogP contribution in [0.25, 0.3) is 0 Å². The van der Waals surface area contributed by atoms with E-state index in [0.717, 1.165) is 23.0 Å². The Labute approximate surface area is 130 Å². The molecule has 4 heteroatoms. The molecule has 1 aromatic carbocycles. The van der Waals surface area contributed by atoms with Gasteiger partial charge in [-0.1, -0.05) is 19.1 Å². The van der Waals surface area contributed by atoms with Crippen LogP contribution >= 0.6 is 0 Å². The summed E-state index contributed by atoms with van der Waals surface area (Å²) in [6.45, 7) is 3.66. The van der Waals surface area contributed by atoms with Crippen molar-refractivity contribution in [1.82, 2.24) is 10.6 Å². The number of rotatable bonds is 6. The molecule has 1 fully saturated rings. The average molecular weight is 298 g/mol. The van der Waals surface area contributed by atoms with Crippen molar-refractivity contribution in [2.24, 2.45) is 5.92 Å². The Balaban J connectivity index is 1.52. The molecular formula is C18H22N2O2. The van der Waals surface area contributed by atoms with Crippen LogP contribution in [-0.4, -0.2) is 13.0 Å². The lowest BCUT2D eigenvalue weighted by molar-refractivity contribution is 0.0963. The first-order valence-electron chi connectivity index (χ1n) is 7.77. The largest absolute Gasteiger partial charge is 0.464 e. The number of carbonyl (C=O) groups excluding carboxylic acids is 1. The van der Waals surface area contributed by atoms with Crippen LogP contribution in [0.3, 0.4) is 0 Å². The third-order valence-electron chi connectivity index (χ3n) is 4.20. The summed E-state index contributed by atoms with van der Waals surface area (Å²) < 4.78 is 5.87. The molecule has 0 saturated heterocycles. The van der Waals surface area contributed by atoms with Gasteiger partial charge in [-0.05, 0) is 42.2 Å². The lowest BCUT2D eigenvalue weighted by Crippen LogP contribution is -2.18. The maximum Gasteiger partial charge on any atom is 0.251 e. The van der Waals surface area contributed by atoms with Gasteiger partial charge >= 0.3 is 0 Å². The first-order valence-corrected chi connectivity index (χ1v) is 7.77. The van der Waals surface area contributed by atoms with Gasteiger partial charge in [0, 0.05) is 25.1 Å². The summed E-state index contributed by atoms with van der Waals surface area (Å²) in [7, 11) is 1.64. The van der Waals surface area contributed by atoms with Crippen molar-refractivity contribution in [2.45, 2.75) is 32.4 Å². The molecule has 0 spiro atoms. The highest BCUT2D eigenvalue weighted by atomic mass is 16.3. The van der Waals surface area contributed by atoms with Gasteiger partial charge in [-0.15, -0.1) is 0 Å². The monoisotopic (exact) mass is 298 g/mol. The Morgan fingerprint density at radius 2 is 2.09 bits per heavy atom. The summed E-state index contributed by atoms with van der Waals surface area (Å²) in [5, 5.41) is 6.00. The van der Waals surface area contributed by atoms with Crippen molar-refractivity contribution in [1.29, 1.82) is 0 Å². The van der Waals surface area contributed by atoms with Crippen LogP contribution in [0.1, 0.15) is 46.7 Å². The highest BCUT2D eigenvalue weighted by Gasteiger charge is 2.36. The standard InChI is InChI=1S/C18H22N2O2/c1-12-8-16(12)17-7-6-15(22-17)11-20-10-13-4-3-5-14(9-13)18(21)19-2/h3-7,9,12,16,20H,8,10-11H2,1-2H3,(H,19,21). The van der Waals surface area contributed by atoms with Gasteiger partial charge in [-0.25, -0.2) is 0 Å². The van der Waals surface area contributed by atoms with Gasteiger partial charge in [-0.3, -0.25) is 4.79 Å². The SMILES string of the molecule is CNC(=O)c1cccc(CNCc2ccc(C3CC3C)o2)c1. The molecule has 4 nitrogen and oxygen atoms in total. The molecule has 1 aliphatic rings. The van der Waals surface area contributed by atoms with Crippen molar-refractivity contribution >= 4 is 5.91 Å². The summed E-state index contributed by atoms with van der Waals surface area (Å²) in [5.41, 5.74) is 1.77. The van der Waals surface area contributed by atoms with E-state index < -0.39 is 0 Å². The van der Waals surface area contributed by atoms with E-state index in [-0.39, 0.29) is 5.91 Å². The molecule has 2 aromatic rings. The Morgan fingerprint density at radius 3 is 2.82 bits per heavy atom. The molecule has 2 unspecified atom stereocenters. The maximum atomic E-state index is 11.6. The van der Waals surface area contributed by atoms with E-state index in [1.54, 1.807) is 7.05 Å². The topological polar surface area (TPSA) is 54.3 Å². The van der Waals surface area contributed by atoms with Crippen molar-refractivity contribution < 1.29 is 9.21 Å². The lowest BCUT2D eigenvalue weighted by atomic mass is 10.1. The quantitative estimate of drug-likeness (QED) is 0.862. The fourth-order valence-corrected chi connectivity index (χ4v) is 2.70. The van der Waals surface area contributed by atoms with E-state index in [1.807, 2.05) is 30.3 Å². The van der Waals surface area contributed by atoms with Crippen LogP contribution in [0, 0.1) is 5.92 Å². The van der Waals surface area contributed by atoms with E-state index in [2.05, 4.69) is 23.6 Å². The zero-order valence-electron chi connectivity index (χ0n) is 13.1. The van der Waals surface area contributed by atoms with Gasteiger partial charge in [-0.2, -0.15) is 0 Å². The van der Waals surface area contributed by atoms with Crippen LogP contribution in [0.15, 0.2) is 40.8 Å². The van der Waals surface area contributed by atoms with Crippen molar-refractivity contribution in [2.75, 3.05) is 7.05 Å². The minimum absolute atomic E-state index is 0.0592. The predicted molar refractivity (Wildman–Crippen MR) is 85.6 cm³/mol. The second kappa shape index (κ2) is 6.36.